The number of ether oxygens (including phenoxy) is 2. The molecule has 0 rings (SSSR count). The van der Waals surface area contributed by atoms with Crippen molar-refractivity contribution in [1.29, 1.82) is 0 Å². The van der Waals surface area contributed by atoms with E-state index in [1.807, 2.05) is 13.8 Å². The summed E-state index contributed by atoms with van der Waals surface area (Å²) in [5.74, 6) is -0.769. The van der Waals surface area contributed by atoms with Gasteiger partial charge in [0, 0.05) is 19.6 Å². The molecule has 0 heterocycles. The molecule has 0 bridgehead atoms. The highest BCUT2D eigenvalue weighted by atomic mass is 16.8. The van der Waals surface area contributed by atoms with Gasteiger partial charge in [-0.1, -0.05) is 20.3 Å². The zero-order valence-corrected chi connectivity index (χ0v) is 9.88. The molecule has 0 aliphatic heterocycles. The highest BCUT2D eigenvalue weighted by Gasteiger charge is 2.27. The zero-order valence-electron chi connectivity index (χ0n) is 9.88. The van der Waals surface area contributed by atoms with E-state index in [1.165, 1.54) is 0 Å². The molecule has 0 aromatic heterocycles. The minimum atomic E-state index is -1.37. The number of hydrogen-bond acceptors (Lipinski definition) is 3. The van der Waals surface area contributed by atoms with E-state index in [0.717, 1.165) is 12.8 Å². The second kappa shape index (κ2) is 7.21. The molecule has 0 aromatic rings. The zero-order chi connectivity index (χ0) is 11.0. The van der Waals surface area contributed by atoms with Crippen LogP contribution in [0.15, 0.2) is 0 Å². The standard InChI is InChI=1S/C11H24O3/c1-5-10(4)8-9-11(12,13-6-2)14-7-3/h10,12H,5-9H2,1-4H3. The van der Waals surface area contributed by atoms with Gasteiger partial charge in [0.05, 0.1) is 0 Å². The summed E-state index contributed by atoms with van der Waals surface area (Å²) in [4.78, 5) is 0. The largest absolute Gasteiger partial charge is 0.343 e. The molecular formula is C11H24O3. The highest BCUT2D eigenvalue weighted by molar-refractivity contribution is 4.58. The molecule has 0 fully saturated rings. The van der Waals surface area contributed by atoms with E-state index in [4.69, 9.17) is 9.47 Å². The Balaban J connectivity index is 3.94. The summed E-state index contributed by atoms with van der Waals surface area (Å²) in [7, 11) is 0. The van der Waals surface area contributed by atoms with E-state index in [-0.39, 0.29) is 0 Å². The molecule has 14 heavy (non-hydrogen) atoms. The minimum absolute atomic E-state index is 0.469. The molecule has 3 nitrogen and oxygen atoms in total. The van der Waals surface area contributed by atoms with Gasteiger partial charge in [-0.3, -0.25) is 0 Å². The minimum Gasteiger partial charge on any atom is -0.343 e. The van der Waals surface area contributed by atoms with Crippen LogP contribution in [0.2, 0.25) is 0 Å². The van der Waals surface area contributed by atoms with Crippen molar-refractivity contribution in [3.05, 3.63) is 0 Å². The van der Waals surface area contributed by atoms with E-state index in [1.54, 1.807) is 0 Å². The third-order valence-electron chi connectivity index (χ3n) is 2.39. The molecule has 1 atom stereocenters. The Morgan fingerprint density at radius 2 is 1.64 bits per heavy atom. The first-order valence-corrected chi connectivity index (χ1v) is 5.58. The van der Waals surface area contributed by atoms with Crippen LogP contribution in [0.3, 0.4) is 0 Å². The molecular weight excluding hydrogens is 180 g/mol. The average Bonchev–Trinajstić information content (AvgIpc) is 2.15. The first kappa shape index (κ1) is 13.9. The maximum absolute atomic E-state index is 9.91. The average molecular weight is 204 g/mol. The summed E-state index contributed by atoms with van der Waals surface area (Å²) in [6.45, 7) is 8.96. The Morgan fingerprint density at radius 1 is 1.14 bits per heavy atom. The predicted molar refractivity (Wildman–Crippen MR) is 56.9 cm³/mol. The molecule has 1 N–H and O–H groups in total. The van der Waals surface area contributed by atoms with Crippen LogP contribution in [-0.4, -0.2) is 24.3 Å². The van der Waals surface area contributed by atoms with Crippen LogP contribution in [0.5, 0.6) is 0 Å². The van der Waals surface area contributed by atoms with Gasteiger partial charge in [0.1, 0.15) is 0 Å². The highest BCUT2D eigenvalue weighted by Crippen LogP contribution is 2.21. The Hall–Kier alpha value is -0.120. The quantitative estimate of drug-likeness (QED) is 0.617. The first-order valence-electron chi connectivity index (χ1n) is 5.58. The van der Waals surface area contributed by atoms with Crippen LogP contribution in [0.1, 0.15) is 47.0 Å². The van der Waals surface area contributed by atoms with Gasteiger partial charge in [0.2, 0.25) is 0 Å². The molecule has 3 heteroatoms. The fourth-order valence-corrected chi connectivity index (χ4v) is 1.27. The second-order valence-electron chi connectivity index (χ2n) is 3.63. The van der Waals surface area contributed by atoms with Crippen molar-refractivity contribution in [3.8, 4) is 0 Å². The lowest BCUT2D eigenvalue weighted by Gasteiger charge is -2.27. The summed E-state index contributed by atoms with van der Waals surface area (Å²) < 4.78 is 10.4. The Kier molecular flexibility index (Phi) is 7.15. The molecule has 0 spiro atoms. The van der Waals surface area contributed by atoms with Crippen molar-refractivity contribution >= 4 is 0 Å². The van der Waals surface area contributed by atoms with Crippen molar-refractivity contribution in [2.45, 2.75) is 52.9 Å². The third kappa shape index (κ3) is 5.58. The van der Waals surface area contributed by atoms with Gasteiger partial charge < -0.3 is 14.6 Å². The topological polar surface area (TPSA) is 38.7 Å². The van der Waals surface area contributed by atoms with Crippen LogP contribution < -0.4 is 0 Å². The van der Waals surface area contributed by atoms with Gasteiger partial charge >= 0.3 is 0 Å². The maximum atomic E-state index is 9.91. The fraction of sp³-hybridized carbons (Fsp3) is 1.00. The molecule has 0 saturated heterocycles. The van der Waals surface area contributed by atoms with E-state index in [9.17, 15) is 5.11 Å². The summed E-state index contributed by atoms with van der Waals surface area (Å²) in [6.07, 6.45) is 2.59. The van der Waals surface area contributed by atoms with Crippen LogP contribution in [0.25, 0.3) is 0 Å². The monoisotopic (exact) mass is 204 g/mol. The molecule has 0 amide bonds. The van der Waals surface area contributed by atoms with Gasteiger partial charge in [0.25, 0.3) is 5.97 Å². The van der Waals surface area contributed by atoms with Crippen LogP contribution in [0.4, 0.5) is 0 Å². The number of rotatable bonds is 8. The van der Waals surface area contributed by atoms with Crippen molar-refractivity contribution in [2.24, 2.45) is 5.92 Å². The van der Waals surface area contributed by atoms with Crippen LogP contribution in [-0.2, 0) is 9.47 Å². The van der Waals surface area contributed by atoms with E-state index < -0.39 is 5.97 Å². The number of aliphatic hydroxyl groups is 1. The van der Waals surface area contributed by atoms with Gasteiger partial charge in [-0.15, -0.1) is 0 Å². The third-order valence-corrected chi connectivity index (χ3v) is 2.39. The second-order valence-corrected chi connectivity index (χ2v) is 3.63. The summed E-state index contributed by atoms with van der Waals surface area (Å²) in [5.41, 5.74) is 0. The summed E-state index contributed by atoms with van der Waals surface area (Å²) in [6, 6.07) is 0. The fourth-order valence-electron chi connectivity index (χ4n) is 1.27. The Bertz CT molecular complexity index is 130. The predicted octanol–water partition coefficient (Wildman–Crippen LogP) is 2.53. The normalized spacial score (nSPS) is 14.4. The lowest BCUT2D eigenvalue weighted by atomic mass is 10.0. The molecule has 0 aromatic carbocycles. The van der Waals surface area contributed by atoms with E-state index >= 15 is 0 Å². The number of hydrogen-bond donors (Lipinski definition) is 1. The van der Waals surface area contributed by atoms with Crippen molar-refractivity contribution < 1.29 is 14.6 Å². The lowest BCUT2D eigenvalue weighted by Crippen LogP contribution is -2.36. The maximum Gasteiger partial charge on any atom is 0.280 e. The Labute approximate surface area is 87.4 Å². The molecule has 0 saturated carbocycles. The summed E-state index contributed by atoms with van der Waals surface area (Å²) in [5, 5.41) is 9.91. The van der Waals surface area contributed by atoms with Crippen LogP contribution in [0, 0.1) is 5.92 Å². The molecule has 1 unspecified atom stereocenters. The van der Waals surface area contributed by atoms with Crippen LogP contribution >= 0.6 is 0 Å². The van der Waals surface area contributed by atoms with Gasteiger partial charge in [-0.2, -0.15) is 0 Å². The Morgan fingerprint density at radius 3 is 2.00 bits per heavy atom. The first-order chi connectivity index (χ1) is 6.58. The smallest absolute Gasteiger partial charge is 0.280 e. The molecule has 86 valence electrons. The van der Waals surface area contributed by atoms with Gasteiger partial charge in [0.15, 0.2) is 0 Å². The van der Waals surface area contributed by atoms with Gasteiger partial charge in [-0.05, 0) is 26.2 Å². The van der Waals surface area contributed by atoms with Gasteiger partial charge in [-0.25, -0.2) is 0 Å². The van der Waals surface area contributed by atoms with Crippen molar-refractivity contribution in [2.75, 3.05) is 13.2 Å². The SMILES string of the molecule is CCOC(O)(CCC(C)CC)OCC. The van der Waals surface area contributed by atoms with Crippen molar-refractivity contribution in [1.82, 2.24) is 0 Å². The molecule has 0 aliphatic rings. The van der Waals surface area contributed by atoms with Crippen molar-refractivity contribution in [3.63, 3.8) is 0 Å². The molecule has 0 radical (unpaired) electrons. The van der Waals surface area contributed by atoms with E-state index in [0.29, 0.717) is 25.6 Å². The molecule has 0 aliphatic carbocycles. The summed E-state index contributed by atoms with van der Waals surface area (Å²) >= 11 is 0. The van der Waals surface area contributed by atoms with E-state index in [2.05, 4.69) is 13.8 Å². The lowest BCUT2D eigenvalue weighted by molar-refractivity contribution is -0.361.